The number of nitrogens with zero attached hydrogens (tertiary/aromatic N) is 3. The van der Waals surface area contributed by atoms with Crippen LogP contribution in [0.2, 0.25) is 5.15 Å². The first kappa shape index (κ1) is 15.5. The maximum atomic E-state index is 12.1. The Hall–Kier alpha value is -1.88. The molecule has 0 bridgehead atoms. The molecule has 0 radical (unpaired) electrons. The highest BCUT2D eigenvalue weighted by Gasteiger charge is 2.11. The van der Waals surface area contributed by atoms with Crippen LogP contribution in [0.25, 0.3) is 0 Å². The van der Waals surface area contributed by atoms with E-state index in [0.717, 1.165) is 17.7 Å². The number of amides is 1. The molecule has 0 aromatic carbocycles. The predicted molar refractivity (Wildman–Crippen MR) is 82.6 cm³/mol. The molecule has 0 unspecified atom stereocenters. The molecule has 6 heteroatoms. The lowest BCUT2D eigenvalue weighted by molar-refractivity contribution is 0.0954. The molecule has 0 saturated heterocycles. The van der Waals surface area contributed by atoms with Crippen LogP contribution in [0.5, 0.6) is 0 Å². The summed E-state index contributed by atoms with van der Waals surface area (Å²) >= 11 is 5.97. The molecule has 0 aliphatic carbocycles. The smallest absolute Gasteiger partial charge is 0.251 e. The number of hydrogen-bond acceptors (Lipinski definition) is 3. The number of rotatable bonds is 5. The van der Waals surface area contributed by atoms with Crippen molar-refractivity contribution in [2.24, 2.45) is 7.05 Å². The molecule has 0 aliphatic rings. The van der Waals surface area contributed by atoms with Crippen molar-refractivity contribution < 1.29 is 4.79 Å². The Bertz CT molecular complexity index is 636. The number of nitrogens with one attached hydrogen (secondary N) is 1. The second-order valence-corrected chi connectivity index (χ2v) is 5.67. The van der Waals surface area contributed by atoms with E-state index in [2.05, 4.69) is 15.4 Å². The van der Waals surface area contributed by atoms with Gasteiger partial charge in [-0.3, -0.25) is 9.48 Å². The fraction of sp³-hybridized carbons (Fsp3) is 0.400. The van der Waals surface area contributed by atoms with Gasteiger partial charge in [-0.1, -0.05) is 25.4 Å². The first-order valence-corrected chi connectivity index (χ1v) is 7.26. The Labute approximate surface area is 129 Å². The van der Waals surface area contributed by atoms with Gasteiger partial charge in [0, 0.05) is 31.0 Å². The molecule has 21 heavy (non-hydrogen) atoms. The number of aromatic nitrogens is 3. The highest BCUT2D eigenvalue weighted by atomic mass is 35.5. The van der Waals surface area contributed by atoms with E-state index < -0.39 is 0 Å². The Morgan fingerprint density at radius 2 is 2.19 bits per heavy atom. The Morgan fingerprint density at radius 1 is 1.43 bits per heavy atom. The van der Waals surface area contributed by atoms with Gasteiger partial charge in [0.1, 0.15) is 5.15 Å². The molecule has 0 saturated carbocycles. The molecule has 1 amide bonds. The molecular weight excluding hydrogens is 288 g/mol. The van der Waals surface area contributed by atoms with Gasteiger partial charge < -0.3 is 5.32 Å². The summed E-state index contributed by atoms with van der Waals surface area (Å²) in [5.74, 6) is 0.0933. The zero-order chi connectivity index (χ0) is 15.4. The number of carbonyl (C=O) groups excluding carboxylic acids is 1. The van der Waals surface area contributed by atoms with Crippen LogP contribution in [0.3, 0.4) is 0 Å². The van der Waals surface area contributed by atoms with Crippen molar-refractivity contribution in [2.75, 3.05) is 6.54 Å². The molecule has 5 nitrogen and oxygen atoms in total. The quantitative estimate of drug-likeness (QED) is 0.864. The van der Waals surface area contributed by atoms with Crippen LogP contribution in [-0.4, -0.2) is 27.2 Å². The first-order chi connectivity index (χ1) is 9.95. The second kappa shape index (κ2) is 6.72. The number of aryl methyl sites for hydroxylation is 1. The fourth-order valence-electron chi connectivity index (χ4n) is 1.97. The number of pyridine rings is 1. The zero-order valence-corrected chi connectivity index (χ0v) is 13.2. The van der Waals surface area contributed by atoms with E-state index in [-0.39, 0.29) is 11.8 Å². The molecule has 0 atom stereocenters. The Balaban J connectivity index is 1.96. The van der Waals surface area contributed by atoms with Gasteiger partial charge in [0.15, 0.2) is 0 Å². The largest absolute Gasteiger partial charge is 0.352 e. The number of halogens is 1. The van der Waals surface area contributed by atoms with E-state index in [1.165, 1.54) is 0 Å². The molecular formula is C15H19ClN4O. The van der Waals surface area contributed by atoms with Crippen LogP contribution in [0, 0.1) is 0 Å². The summed E-state index contributed by atoms with van der Waals surface area (Å²) in [5.41, 5.74) is 2.46. The SMILES string of the molecule is CC(C)c1cc(C(=O)NCCc2cnn(C)c2)cc(Cl)n1. The lowest BCUT2D eigenvalue weighted by atomic mass is 10.1. The van der Waals surface area contributed by atoms with Crippen LogP contribution in [0.15, 0.2) is 24.5 Å². The summed E-state index contributed by atoms with van der Waals surface area (Å²) < 4.78 is 1.74. The third-order valence-electron chi connectivity index (χ3n) is 3.13. The summed E-state index contributed by atoms with van der Waals surface area (Å²) in [6, 6.07) is 3.38. The average Bonchev–Trinajstić information content (AvgIpc) is 2.83. The lowest BCUT2D eigenvalue weighted by Crippen LogP contribution is -2.26. The van der Waals surface area contributed by atoms with E-state index in [9.17, 15) is 4.79 Å². The summed E-state index contributed by atoms with van der Waals surface area (Å²) in [7, 11) is 1.87. The molecule has 0 spiro atoms. The number of carbonyl (C=O) groups is 1. The molecule has 0 fully saturated rings. The first-order valence-electron chi connectivity index (χ1n) is 6.89. The molecule has 2 aromatic heterocycles. The normalized spacial score (nSPS) is 10.9. The molecule has 2 aromatic rings. The van der Waals surface area contributed by atoms with Crippen LogP contribution in [0.4, 0.5) is 0 Å². The standard InChI is InChI=1S/C15H19ClN4O/c1-10(2)13-6-12(7-14(16)19-13)15(21)17-5-4-11-8-18-20(3)9-11/h6-10H,4-5H2,1-3H3,(H,17,21). The molecule has 1 N–H and O–H groups in total. The minimum atomic E-state index is -0.134. The fourth-order valence-corrected chi connectivity index (χ4v) is 2.18. The van der Waals surface area contributed by atoms with E-state index in [4.69, 9.17) is 11.6 Å². The molecule has 2 heterocycles. The van der Waals surface area contributed by atoms with Crippen molar-refractivity contribution in [1.82, 2.24) is 20.1 Å². The summed E-state index contributed by atoms with van der Waals surface area (Å²) in [5, 5.41) is 7.33. The van der Waals surface area contributed by atoms with Crippen molar-refractivity contribution in [3.05, 3.63) is 46.5 Å². The highest BCUT2D eigenvalue weighted by molar-refractivity contribution is 6.29. The van der Waals surface area contributed by atoms with Gasteiger partial charge >= 0.3 is 0 Å². The van der Waals surface area contributed by atoms with Crippen molar-refractivity contribution in [1.29, 1.82) is 0 Å². The third kappa shape index (κ3) is 4.29. The Morgan fingerprint density at radius 3 is 2.81 bits per heavy atom. The van der Waals surface area contributed by atoms with Crippen LogP contribution < -0.4 is 5.32 Å². The highest BCUT2D eigenvalue weighted by Crippen LogP contribution is 2.17. The Kier molecular flexibility index (Phi) is 4.96. The summed E-state index contributed by atoms with van der Waals surface area (Å²) in [6.07, 6.45) is 4.48. The molecule has 0 aliphatic heterocycles. The van der Waals surface area contributed by atoms with Crippen molar-refractivity contribution >= 4 is 17.5 Å². The van der Waals surface area contributed by atoms with E-state index in [0.29, 0.717) is 17.3 Å². The minimum absolute atomic E-state index is 0.134. The second-order valence-electron chi connectivity index (χ2n) is 5.29. The van der Waals surface area contributed by atoms with E-state index >= 15 is 0 Å². The summed E-state index contributed by atoms with van der Waals surface area (Å²) in [4.78, 5) is 16.4. The minimum Gasteiger partial charge on any atom is -0.352 e. The van der Waals surface area contributed by atoms with Crippen LogP contribution >= 0.6 is 11.6 Å². The monoisotopic (exact) mass is 306 g/mol. The van der Waals surface area contributed by atoms with Crippen molar-refractivity contribution in [3.8, 4) is 0 Å². The van der Waals surface area contributed by atoms with Crippen LogP contribution in [-0.2, 0) is 13.5 Å². The van der Waals surface area contributed by atoms with Gasteiger partial charge in [-0.15, -0.1) is 0 Å². The van der Waals surface area contributed by atoms with Crippen LogP contribution in [0.1, 0.15) is 41.4 Å². The zero-order valence-electron chi connectivity index (χ0n) is 12.4. The number of hydrogen-bond donors (Lipinski definition) is 1. The van der Waals surface area contributed by atoms with Gasteiger partial charge in [0.2, 0.25) is 0 Å². The molecule has 2 rings (SSSR count). The van der Waals surface area contributed by atoms with E-state index in [1.54, 1.807) is 23.0 Å². The maximum Gasteiger partial charge on any atom is 0.251 e. The van der Waals surface area contributed by atoms with Gasteiger partial charge in [0.25, 0.3) is 5.91 Å². The topological polar surface area (TPSA) is 59.8 Å². The maximum absolute atomic E-state index is 12.1. The van der Waals surface area contributed by atoms with Gasteiger partial charge in [-0.25, -0.2) is 4.98 Å². The van der Waals surface area contributed by atoms with Gasteiger partial charge in [-0.05, 0) is 30.0 Å². The predicted octanol–water partition coefficient (Wildman–Crippen LogP) is 2.56. The van der Waals surface area contributed by atoms with E-state index in [1.807, 2.05) is 27.1 Å². The van der Waals surface area contributed by atoms with Gasteiger partial charge in [0.05, 0.1) is 6.20 Å². The summed E-state index contributed by atoms with van der Waals surface area (Å²) in [6.45, 7) is 4.59. The van der Waals surface area contributed by atoms with Crippen molar-refractivity contribution in [3.63, 3.8) is 0 Å². The third-order valence-corrected chi connectivity index (χ3v) is 3.32. The van der Waals surface area contributed by atoms with Gasteiger partial charge in [-0.2, -0.15) is 5.10 Å². The molecule has 112 valence electrons. The van der Waals surface area contributed by atoms with Crippen molar-refractivity contribution in [2.45, 2.75) is 26.2 Å². The lowest BCUT2D eigenvalue weighted by Gasteiger charge is -2.09. The average molecular weight is 307 g/mol.